The molecule has 7 heteroatoms. The quantitative estimate of drug-likeness (QED) is 0.538. The van der Waals surface area contributed by atoms with Crippen LogP contribution in [0.25, 0.3) is 0 Å². The minimum Gasteiger partial charge on any atom is -0.367 e. The highest BCUT2D eigenvalue weighted by molar-refractivity contribution is 5.80. The van der Waals surface area contributed by atoms with Crippen molar-refractivity contribution in [1.29, 1.82) is 0 Å². The molecule has 0 aromatic heterocycles. The van der Waals surface area contributed by atoms with Gasteiger partial charge in [0.2, 0.25) is 0 Å². The van der Waals surface area contributed by atoms with Gasteiger partial charge in [-0.05, 0) is 50.7 Å². The molecule has 0 aliphatic carbocycles. The summed E-state index contributed by atoms with van der Waals surface area (Å²) >= 11 is 0. The largest absolute Gasteiger partial charge is 0.367 e. The summed E-state index contributed by atoms with van der Waals surface area (Å²) in [4.78, 5) is 8.82. The van der Waals surface area contributed by atoms with Crippen molar-refractivity contribution in [3.8, 4) is 0 Å². The van der Waals surface area contributed by atoms with Crippen molar-refractivity contribution in [2.24, 2.45) is 4.99 Å². The van der Waals surface area contributed by atoms with Crippen LogP contribution in [0.2, 0.25) is 0 Å². The molecule has 2 aromatic rings. The fourth-order valence-electron chi connectivity index (χ4n) is 3.71. The van der Waals surface area contributed by atoms with Crippen molar-refractivity contribution in [1.82, 2.24) is 15.5 Å². The van der Waals surface area contributed by atoms with Gasteiger partial charge in [-0.1, -0.05) is 24.3 Å². The van der Waals surface area contributed by atoms with E-state index in [0.717, 1.165) is 37.1 Å². The Morgan fingerprint density at radius 2 is 1.97 bits per heavy atom. The van der Waals surface area contributed by atoms with E-state index in [4.69, 9.17) is 4.99 Å². The monoisotopic (exact) mass is 415 g/mol. The van der Waals surface area contributed by atoms with Crippen LogP contribution in [-0.2, 0) is 13.1 Å². The topological polar surface area (TPSA) is 42.9 Å². The number of benzene rings is 2. The van der Waals surface area contributed by atoms with Crippen LogP contribution >= 0.6 is 0 Å². The molecule has 0 saturated carbocycles. The number of anilines is 1. The van der Waals surface area contributed by atoms with Crippen LogP contribution in [0.3, 0.4) is 0 Å². The normalized spacial score (nSPS) is 16.9. The zero-order valence-corrected chi connectivity index (χ0v) is 18.0. The van der Waals surface area contributed by atoms with E-state index in [1.54, 1.807) is 0 Å². The Morgan fingerprint density at radius 3 is 2.70 bits per heavy atom. The SMILES string of the molecule is CCNC(=NCc1cccc(CN(C)C)c1)NC1CCN(c2ccc(F)cc2F)C1. The zero-order valence-electron chi connectivity index (χ0n) is 18.0. The minimum atomic E-state index is -0.554. The lowest BCUT2D eigenvalue weighted by Gasteiger charge is -2.21. The van der Waals surface area contributed by atoms with E-state index in [-0.39, 0.29) is 6.04 Å². The molecule has 30 heavy (non-hydrogen) atoms. The van der Waals surface area contributed by atoms with E-state index in [0.29, 0.717) is 25.3 Å². The number of hydrogen-bond donors (Lipinski definition) is 2. The van der Waals surface area contributed by atoms with E-state index in [2.05, 4.69) is 53.9 Å². The first-order valence-electron chi connectivity index (χ1n) is 10.4. The van der Waals surface area contributed by atoms with Gasteiger partial charge in [0.25, 0.3) is 0 Å². The summed E-state index contributed by atoms with van der Waals surface area (Å²) in [7, 11) is 4.11. The van der Waals surface area contributed by atoms with E-state index in [9.17, 15) is 8.78 Å². The van der Waals surface area contributed by atoms with E-state index in [1.807, 2.05) is 11.8 Å². The van der Waals surface area contributed by atoms with Crippen molar-refractivity contribution in [3.63, 3.8) is 0 Å². The third-order valence-corrected chi connectivity index (χ3v) is 5.03. The fraction of sp³-hybridized carbons (Fsp3) is 0.435. The van der Waals surface area contributed by atoms with Crippen LogP contribution < -0.4 is 15.5 Å². The van der Waals surface area contributed by atoms with Crippen molar-refractivity contribution in [2.75, 3.05) is 38.6 Å². The van der Waals surface area contributed by atoms with E-state index < -0.39 is 11.6 Å². The second kappa shape index (κ2) is 10.4. The van der Waals surface area contributed by atoms with Crippen molar-refractivity contribution in [3.05, 3.63) is 65.2 Å². The molecule has 1 aliphatic rings. The van der Waals surface area contributed by atoms with E-state index in [1.165, 1.54) is 17.7 Å². The second-order valence-electron chi connectivity index (χ2n) is 7.92. The maximum atomic E-state index is 14.1. The van der Waals surface area contributed by atoms with Gasteiger partial charge in [-0.3, -0.25) is 0 Å². The summed E-state index contributed by atoms with van der Waals surface area (Å²) in [6.07, 6.45) is 0.861. The maximum Gasteiger partial charge on any atom is 0.191 e. The Kier molecular flexibility index (Phi) is 7.63. The molecule has 3 rings (SSSR count). The first-order chi connectivity index (χ1) is 14.4. The van der Waals surface area contributed by atoms with Crippen LogP contribution in [0.5, 0.6) is 0 Å². The average molecular weight is 416 g/mol. The molecule has 0 spiro atoms. The van der Waals surface area contributed by atoms with E-state index >= 15 is 0 Å². The molecule has 1 aliphatic heterocycles. The number of aliphatic imine (C=N–C) groups is 1. The van der Waals surface area contributed by atoms with Crippen LogP contribution in [0.4, 0.5) is 14.5 Å². The minimum absolute atomic E-state index is 0.146. The number of hydrogen-bond acceptors (Lipinski definition) is 3. The third-order valence-electron chi connectivity index (χ3n) is 5.03. The first-order valence-corrected chi connectivity index (χ1v) is 10.4. The molecule has 1 heterocycles. The lowest BCUT2D eigenvalue weighted by molar-refractivity contribution is 0.402. The molecule has 1 unspecified atom stereocenters. The highest BCUT2D eigenvalue weighted by Gasteiger charge is 2.25. The lowest BCUT2D eigenvalue weighted by atomic mass is 10.1. The molecule has 1 fully saturated rings. The average Bonchev–Trinajstić information content (AvgIpc) is 3.14. The molecule has 0 amide bonds. The summed E-state index contributed by atoms with van der Waals surface area (Å²) in [5.74, 6) is -0.322. The van der Waals surface area contributed by atoms with Crippen molar-refractivity contribution < 1.29 is 8.78 Å². The number of halogens is 2. The Labute approximate surface area is 177 Å². The highest BCUT2D eigenvalue weighted by atomic mass is 19.1. The predicted octanol–water partition coefficient (Wildman–Crippen LogP) is 3.36. The predicted molar refractivity (Wildman–Crippen MR) is 119 cm³/mol. The number of nitrogens with zero attached hydrogens (tertiary/aromatic N) is 3. The van der Waals surface area contributed by atoms with Crippen molar-refractivity contribution in [2.45, 2.75) is 32.5 Å². The standard InChI is InChI=1S/C23H31F2N5/c1-4-26-23(27-14-17-6-5-7-18(12-17)15-29(2)3)28-20-10-11-30(16-20)22-9-8-19(24)13-21(22)25/h5-9,12-13,20H,4,10-11,14-16H2,1-3H3,(H2,26,27,28). The van der Waals surface area contributed by atoms with Gasteiger partial charge < -0.3 is 20.4 Å². The molecular weight excluding hydrogens is 384 g/mol. The molecule has 0 bridgehead atoms. The molecule has 2 N–H and O–H groups in total. The summed E-state index contributed by atoms with van der Waals surface area (Å²) in [5.41, 5.74) is 2.87. The molecule has 5 nitrogen and oxygen atoms in total. The Bertz CT molecular complexity index is 868. The second-order valence-corrected chi connectivity index (χ2v) is 7.92. The maximum absolute atomic E-state index is 14.1. The summed E-state index contributed by atoms with van der Waals surface area (Å²) in [6.45, 7) is 5.63. The van der Waals surface area contributed by atoms with Gasteiger partial charge in [-0.2, -0.15) is 0 Å². The summed E-state index contributed by atoms with van der Waals surface area (Å²) in [6, 6.07) is 12.3. The van der Waals surface area contributed by atoms with Gasteiger partial charge in [0, 0.05) is 38.3 Å². The van der Waals surface area contributed by atoms with Gasteiger partial charge in [0.1, 0.15) is 11.6 Å². The first kappa shape index (κ1) is 22.0. The molecule has 1 saturated heterocycles. The summed E-state index contributed by atoms with van der Waals surface area (Å²) < 4.78 is 27.3. The Balaban J connectivity index is 1.61. The number of nitrogens with one attached hydrogen (secondary N) is 2. The van der Waals surface area contributed by atoms with Crippen LogP contribution in [0.1, 0.15) is 24.5 Å². The Morgan fingerprint density at radius 1 is 1.17 bits per heavy atom. The zero-order chi connectivity index (χ0) is 21.5. The Hall–Kier alpha value is -2.67. The number of rotatable bonds is 7. The number of guanidine groups is 1. The molecule has 0 radical (unpaired) electrons. The third kappa shape index (κ3) is 6.16. The van der Waals surface area contributed by atoms with Crippen LogP contribution in [-0.4, -0.2) is 50.6 Å². The van der Waals surface area contributed by atoms with Crippen molar-refractivity contribution >= 4 is 11.6 Å². The van der Waals surface area contributed by atoms with Gasteiger partial charge in [-0.25, -0.2) is 13.8 Å². The molecular formula is C23H31F2N5. The lowest BCUT2D eigenvalue weighted by Crippen LogP contribution is -2.44. The van der Waals surface area contributed by atoms with Crippen LogP contribution in [0.15, 0.2) is 47.5 Å². The van der Waals surface area contributed by atoms with Gasteiger partial charge in [0.05, 0.1) is 12.2 Å². The molecule has 162 valence electrons. The molecule has 1 atom stereocenters. The smallest absolute Gasteiger partial charge is 0.191 e. The molecule has 2 aromatic carbocycles. The van der Waals surface area contributed by atoms with Gasteiger partial charge in [0.15, 0.2) is 5.96 Å². The fourth-order valence-corrected chi connectivity index (χ4v) is 3.71. The highest BCUT2D eigenvalue weighted by Crippen LogP contribution is 2.24. The van der Waals surface area contributed by atoms with Gasteiger partial charge in [-0.15, -0.1) is 0 Å². The van der Waals surface area contributed by atoms with Crippen LogP contribution in [0, 0.1) is 11.6 Å². The summed E-state index contributed by atoms with van der Waals surface area (Å²) in [5, 5.41) is 6.75. The van der Waals surface area contributed by atoms with Gasteiger partial charge >= 0.3 is 0 Å².